The summed E-state index contributed by atoms with van der Waals surface area (Å²) in [6, 6.07) is 18.9. The highest BCUT2D eigenvalue weighted by molar-refractivity contribution is 5.25. The molecule has 1 aromatic carbocycles. The number of hydrogen-bond acceptors (Lipinski definition) is 1. The van der Waals surface area contributed by atoms with Crippen molar-refractivity contribution in [1.29, 1.82) is 5.26 Å². The fraction of sp³-hybridized carbons (Fsp3) is 0. The van der Waals surface area contributed by atoms with Crippen LogP contribution in [0.5, 0.6) is 0 Å². The van der Waals surface area contributed by atoms with Gasteiger partial charge in [0.2, 0.25) is 0 Å². The van der Waals surface area contributed by atoms with Crippen molar-refractivity contribution in [2.75, 3.05) is 0 Å². The summed E-state index contributed by atoms with van der Waals surface area (Å²) < 4.78 is 0. The van der Waals surface area contributed by atoms with E-state index in [-0.39, 0.29) is 0 Å². The van der Waals surface area contributed by atoms with Gasteiger partial charge in [0, 0.05) is 0 Å². The van der Waals surface area contributed by atoms with Gasteiger partial charge >= 0.3 is 0 Å². The molecule has 58 valence electrons. The first-order valence-electron chi connectivity index (χ1n) is 3.72. The number of rotatable bonds is 0. The van der Waals surface area contributed by atoms with Crippen LogP contribution in [0.15, 0.2) is 54.6 Å². The van der Waals surface area contributed by atoms with Crippen LogP contribution >= 0.6 is 0 Å². The highest BCUT2D eigenvalue weighted by atomic mass is 14.2. The smallest absolute Gasteiger partial charge is 0.0991 e. The summed E-state index contributed by atoms with van der Waals surface area (Å²) in [5.74, 6) is 0. The van der Waals surface area contributed by atoms with E-state index in [0.29, 0.717) is 5.56 Å². The third-order valence-electron chi connectivity index (χ3n) is 1.35. The molecule has 0 aliphatic rings. The summed E-state index contributed by atoms with van der Waals surface area (Å²) in [5.41, 5.74) is 0.659. The molecule has 0 saturated heterocycles. The Morgan fingerprint density at radius 1 is 0.750 bits per heavy atom. The molecule has 1 heteroatoms. The van der Waals surface area contributed by atoms with Crippen LogP contribution in [0, 0.1) is 11.3 Å². The van der Waals surface area contributed by atoms with E-state index < -0.39 is 0 Å². The standard InChI is InChI=1S/C11H9N/c12-10-11-8-6-4-2-1-3-5-7-9-11/h1-9H. The Morgan fingerprint density at radius 3 is 1.58 bits per heavy atom. The fourth-order valence-electron chi connectivity index (χ4n) is 0.769. The lowest BCUT2D eigenvalue weighted by molar-refractivity contribution is 1.49. The second-order valence-electron chi connectivity index (χ2n) is 2.25. The Bertz CT molecular complexity index is 310. The van der Waals surface area contributed by atoms with Gasteiger partial charge in [-0.05, 0) is 12.1 Å². The van der Waals surface area contributed by atoms with Gasteiger partial charge in [-0.2, -0.15) is 5.26 Å². The Labute approximate surface area is 72.2 Å². The van der Waals surface area contributed by atoms with Gasteiger partial charge in [-0.15, -0.1) is 0 Å². The lowest BCUT2D eigenvalue weighted by Crippen LogP contribution is -1.63. The highest BCUT2D eigenvalue weighted by Crippen LogP contribution is 1.90. The number of nitrogens with zero attached hydrogens (tertiary/aromatic N) is 1. The molecule has 12 heavy (non-hydrogen) atoms. The molecule has 1 rings (SSSR count). The maximum absolute atomic E-state index is 8.62. The summed E-state index contributed by atoms with van der Waals surface area (Å²) in [6.07, 6.45) is 0. The van der Waals surface area contributed by atoms with Gasteiger partial charge in [0.25, 0.3) is 0 Å². The fourth-order valence-corrected chi connectivity index (χ4v) is 0.769. The monoisotopic (exact) mass is 155 g/mol. The van der Waals surface area contributed by atoms with Crippen molar-refractivity contribution < 1.29 is 0 Å². The van der Waals surface area contributed by atoms with E-state index >= 15 is 0 Å². The van der Waals surface area contributed by atoms with Gasteiger partial charge in [-0.3, -0.25) is 0 Å². The van der Waals surface area contributed by atoms with Crippen molar-refractivity contribution in [2.24, 2.45) is 0 Å². The van der Waals surface area contributed by atoms with Gasteiger partial charge in [-0.1, -0.05) is 42.5 Å². The van der Waals surface area contributed by atoms with Gasteiger partial charge in [-0.25, -0.2) is 0 Å². The largest absolute Gasteiger partial charge is 0.192 e. The predicted octanol–water partition coefficient (Wildman–Crippen LogP) is 2.68. The van der Waals surface area contributed by atoms with E-state index in [9.17, 15) is 0 Å². The molecule has 0 aromatic heterocycles. The van der Waals surface area contributed by atoms with E-state index in [4.69, 9.17) is 5.26 Å². The van der Waals surface area contributed by atoms with Gasteiger partial charge in [0.15, 0.2) is 0 Å². The molecule has 0 aliphatic heterocycles. The molecule has 0 amide bonds. The van der Waals surface area contributed by atoms with Gasteiger partial charge in [0.05, 0.1) is 11.6 Å². The summed E-state index contributed by atoms with van der Waals surface area (Å²) in [4.78, 5) is 0. The van der Waals surface area contributed by atoms with Crippen LogP contribution < -0.4 is 0 Å². The zero-order valence-corrected chi connectivity index (χ0v) is 6.64. The van der Waals surface area contributed by atoms with E-state index in [1.165, 1.54) is 0 Å². The molecule has 0 bridgehead atoms. The van der Waals surface area contributed by atoms with Crippen LogP contribution in [0.2, 0.25) is 0 Å². The molecule has 0 fully saturated rings. The summed E-state index contributed by atoms with van der Waals surface area (Å²) in [5, 5.41) is 8.62. The topological polar surface area (TPSA) is 23.8 Å². The molecule has 0 radical (unpaired) electrons. The van der Waals surface area contributed by atoms with Crippen molar-refractivity contribution in [2.45, 2.75) is 0 Å². The third kappa shape index (κ3) is 2.85. The zero-order chi connectivity index (χ0) is 8.65. The number of nitriles is 1. The molecule has 0 saturated carbocycles. The van der Waals surface area contributed by atoms with Crippen molar-refractivity contribution in [3.8, 4) is 6.07 Å². The Kier molecular flexibility index (Phi) is 3.40. The third-order valence-corrected chi connectivity index (χ3v) is 1.35. The average molecular weight is 155 g/mol. The zero-order valence-electron chi connectivity index (χ0n) is 6.64. The first-order valence-corrected chi connectivity index (χ1v) is 3.72. The molecule has 0 atom stereocenters. The first-order chi connectivity index (χ1) is 5.93. The van der Waals surface area contributed by atoms with Crippen molar-refractivity contribution in [3.05, 3.63) is 60.2 Å². The summed E-state index contributed by atoms with van der Waals surface area (Å²) in [7, 11) is 0. The lowest BCUT2D eigenvalue weighted by atomic mass is 10.3. The molecule has 0 heterocycles. The van der Waals surface area contributed by atoms with Gasteiger partial charge < -0.3 is 0 Å². The van der Waals surface area contributed by atoms with Crippen molar-refractivity contribution in [3.63, 3.8) is 0 Å². The molecule has 0 N–H and O–H groups in total. The average Bonchev–Trinajstić information content (AvgIpc) is 2.14. The molecular formula is C11H9N. The second-order valence-corrected chi connectivity index (χ2v) is 2.25. The van der Waals surface area contributed by atoms with Crippen molar-refractivity contribution in [1.82, 2.24) is 0 Å². The maximum Gasteiger partial charge on any atom is 0.0991 e. The summed E-state index contributed by atoms with van der Waals surface area (Å²) in [6.45, 7) is 0. The van der Waals surface area contributed by atoms with Crippen molar-refractivity contribution >= 4 is 0 Å². The van der Waals surface area contributed by atoms with E-state index in [1.807, 2.05) is 42.5 Å². The lowest BCUT2D eigenvalue weighted by Gasteiger charge is -1.77. The Balaban J connectivity index is 3.18. The SMILES string of the molecule is N#Cc1ccccccccc1. The molecule has 1 nitrogen and oxygen atoms in total. The van der Waals surface area contributed by atoms with Crippen LogP contribution in [-0.4, -0.2) is 0 Å². The van der Waals surface area contributed by atoms with E-state index in [2.05, 4.69) is 6.07 Å². The first kappa shape index (κ1) is 8.29. The molecule has 0 unspecified atom stereocenters. The molecule has 0 aliphatic carbocycles. The molecular weight excluding hydrogens is 146 g/mol. The normalized spacial score (nSPS) is 7.92. The molecule has 1 aromatic rings. The van der Waals surface area contributed by atoms with Crippen LogP contribution in [0.1, 0.15) is 5.56 Å². The highest BCUT2D eigenvalue weighted by Gasteiger charge is 1.77. The minimum Gasteiger partial charge on any atom is -0.192 e. The van der Waals surface area contributed by atoms with E-state index in [1.54, 1.807) is 12.1 Å². The van der Waals surface area contributed by atoms with Gasteiger partial charge in [0.1, 0.15) is 0 Å². The second kappa shape index (κ2) is 4.92. The van der Waals surface area contributed by atoms with Crippen LogP contribution in [-0.2, 0) is 0 Å². The minimum atomic E-state index is 0.659. The molecule has 0 spiro atoms. The summed E-state index contributed by atoms with van der Waals surface area (Å²) >= 11 is 0. The van der Waals surface area contributed by atoms with Crippen LogP contribution in [0.3, 0.4) is 0 Å². The minimum absolute atomic E-state index is 0.659. The predicted molar refractivity (Wildman–Crippen MR) is 48.8 cm³/mol. The van der Waals surface area contributed by atoms with E-state index in [0.717, 1.165) is 0 Å². The number of hydrogen-bond donors (Lipinski definition) is 0. The Morgan fingerprint density at radius 2 is 1.17 bits per heavy atom. The quantitative estimate of drug-likeness (QED) is 0.565. The maximum atomic E-state index is 8.62. The van der Waals surface area contributed by atoms with Crippen LogP contribution in [0.25, 0.3) is 0 Å². The Hall–Kier alpha value is -1.81. The van der Waals surface area contributed by atoms with Crippen LogP contribution in [0.4, 0.5) is 0 Å².